The number of methoxy groups -OCH3 is 2. The van der Waals surface area contributed by atoms with Crippen LogP contribution in [0, 0.1) is 13.8 Å². The van der Waals surface area contributed by atoms with Crippen molar-refractivity contribution in [3.63, 3.8) is 0 Å². The van der Waals surface area contributed by atoms with E-state index in [9.17, 15) is 9.59 Å². The fourth-order valence-electron chi connectivity index (χ4n) is 4.47. The summed E-state index contributed by atoms with van der Waals surface area (Å²) < 4.78 is 12.4. The van der Waals surface area contributed by atoms with Gasteiger partial charge >= 0.3 is 6.03 Å². The maximum absolute atomic E-state index is 13.5. The van der Waals surface area contributed by atoms with Crippen LogP contribution in [-0.2, 0) is 4.79 Å². The SMILES string of the molecule is COc1ccc(NC(=O)N(CC(=O)Nc2c(-c3ccccc3)c(C)nn2-c2ccccc2C)C(C)C)c(OC)c1. The summed E-state index contributed by atoms with van der Waals surface area (Å²) in [6.45, 7) is 7.46. The first-order chi connectivity index (χ1) is 19.2. The lowest BCUT2D eigenvalue weighted by atomic mass is 10.1. The molecule has 9 nitrogen and oxygen atoms in total. The Morgan fingerprint density at radius 3 is 2.27 bits per heavy atom. The number of benzene rings is 3. The highest BCUT2D eigenvalue weighted by molar-refractivity contribution is 6.00. The monoisotopic (exact) mass is 541 g/mol. The Morgan fingerprint density at radius 1 is 0.925 bits per heavy atom. The molecule has 1 aromatic heterocycles. The summed E-state index contributed by atoms with van der Waals surface area (Å²) in [4.78, 5) is 28.3. The van der Waals surface area contributed by atoms with Gasteiger partial charge in [-0.1, -0.05) is 48.5 Å². The first-order valence-corrected chi connectivity index (χ1v) is 13.0. The van der Waals surface area contributed by atoms with Gasteiger partial charge in [0.05, 0.1) is 31.3 Å². The van der Waals surface area contributed by atoms with Gasteiger partial charge in [0.2, 0.25) is 5.91 Å². The molecule has 40 heavy (non-hydrogen) atoms. The first-order valence-electron chi connectivity index (χ1n) is 13.0. The number of para-hydroxylation sites is 1. The molecule has 0 bridgehead atoms. The number of hydrogen-bond acceptors (Lipinski definition) is 5. The van der Waals surface area contributed by atoms with Crippen molar-refractivity contribution >= 4 is 23.4 Å². The molecule has 3 amide bonds. The van der Waals surface area contributed by atoms with Gasteiger partial charge in [0, 0.05) is 17.7 Å². The number of nitrogens with one attached hydrogen (secondary N) is 2. The first kappa shape index (κ1) is 28.2. The highest BCUT2D eigenvalue weighted by Crippen LogP contribution is 2.34. The van der Waals surface area contributed by atoms with Crippen LogP contribution in [0.4, 0.5) is 16.3 Å². The number of amides is 3. The fourth-order valence-corrected chi connectivity index (χ4v) is 4.47. The van der Waals surface area contributed by atoms with Crippen LogP contribution >= 0.6 is 0 Å². The highest BCUT2D eigenvalue weighted by Gasteiger charge is 2.25. The van der Waals surface area contributed by atoms with Gasteiger partial charge < -0.3 is 25.0 Å². The Hall–Kier alpha value is -4.79. The van der Waals surface area contributed by atoms with Gasteiger partial charge in [-0.3, -0.25) is 4.79 Å². The molecule has 0 aliphatic carbocycles. The molecule has 0 saturated heterocycles. The molecule has 3 aromatic carbocycles. The number of hydrogen-bond donors (Lipinski definition) is 2. The lowest BCUT2D eigenvalue weighted by molar-refractivity contribution is -0.117. The number of nitrogens with zero attached hydrogens (tertiary/aromatic N) is 3. The van der Waals surface area contributed by atoms with E-state index in [1.165, 1.54) is 12.0 Å². The summed E-state index contributed by atoms with van der Waals surface area (Å²) in [5.74, 6) is 1.25. The smallest absolute Gasteiger partial charge is 0.322 e. The van der Waals surface area contributed by atoms with Crippen LogP contribution in [-0.4, -0.2) is 53.4 Å². The zero-order chi connectivity index (χ0) is 28.8. The third kappa shape index (κ3) is 6.09. The largest absolute Gasteiger partial charge is 0.497 e. The summed E-state index contributed by atoms with van der Waals surface area (Å²) in [6.07, 6.45) is 0. The molecule has 2 N–H and O–H groups in total. The molecule has 0 spiro atoms. The Bertz CT molecular complexity index is 1500. The van der Waals surface area contributed by atoms with Gasteiger partial charge in [-0.15, -0.1) is 0 Å². The van der Waals surface area contributed by atoms with Crippen molar-refractivity contribution in [3.8, 4) is 28.3 Å². The minimum Gasteiger partial charge on any atom is -0.497 e. The quantitative estimate of drug-likeness (QED) is 0.269. The van der Waals surface area contributed by atoms with E-state index in [1.54, 1.807) is 30.0 Å². The fraction of sp³-hybridized carbons (Fsp3) is 0.258. The van der Waals surface area contributed by atoms with Crippen LogP contribution in [0.5, 0.6) is 11.5 Å². The average Bonchev–Trinajstić information content (AvgIpc) is 3.27. The van der Waals surface area contributed by atoms with E-state index in [2.05, 4.69) is 10.6 Å². The molecule has 0 radical (unpaired) electrons. The van der Waals surface area contributed by atoms with Crippen molar-refractivity contribution in [1.82, 2.24) is 14.7 Å². The number of urea groups is 1. The molecule has 0 saturated carbocycles. The molecule has 0 aliphatic heterocycles. The van der Waals surface area contributed by atoms with Crippen LogP contribution in [0.2, 0.25) is 0 Å². The number of carbonyl (C=O) groups is 2. The second-order valence-electron chi connectivity index (χ2n) is 9.64. The number of aryl methyl sites for hydroxylation is 2. The Balaban J connectivity index is 1.63. The number of ether oxygens (including phenoxy) is 2. The van der Waals surface area contributed by atoms with Crippen molar-refractivity contribution in [2.24, 2.45) is 0 Å². The maximum atomic E-state index is 13.5. The zero-order valence-corrected chi connectivity index (χ0v) is 23.7. The van der Waals surface area contributed by atoms with Gasteiger partial charge in [-0.2, -0.15) is 5.10 Å². The maximum Gasteiger partial charge on any atom is 0.322 e. The second-order valence-corrected chi connectivity index (χ2v) is 9.64. The van der Waals surface area contributed by atoms with Gasteiger partial charge in [0.1, 0.15) is 23.9 Å². The summed E-state index contributed by atoms with van der Waals surface area (Å²) >= 11 is 0. The molecule has 0 fully saturated rings. The summed E-state index contributed by atoms with van der Waals surface area (Å²) in [5, 5.41) is 10.7. The van der Waals surface area contributed by atoms with Crippen molar-refractivity contribution in [2.45, 2.75) is 33.7 Å². The summed E-state index contributed by atoms with van der Waals surface area (Å²) in [5.41, 5.74) is 4.86. The van der Waals surface area contributed by atoms with Gasteiger partial charge in [0.15, 0.2) is 0 Å². The average molecular weight is 542 g/mol. The molecule has 4 rings (SSSR count). The van der Waals surface area contributed by atoms with Crippen molar-refractivity contribution in [1.29, 1.82) is 0 Å². The van der Waals surface area contributed by atoms with Crippen molar-refractivity contribution in [2.75, 3.05) is 31.4 Å². The molecule has 0 unspecified atom stereocenters. The molecular formula is C31H35N5O4. The second kappa shape index (κ2) is 12.4. The summed E-state index contributed by atoms with van der Waals surface area (Å²) in [6, 6.07) is 22.1. The molecule has 4 aromatic rings. The number of anilines is 2. The van der Waals surface area contributed by atoms with Crippen molar-refractivity contribution < 1.29 is 19.1 Å². The number of carbonyl (C=O) groups excluding carboxylic acids is 2. The Kier molecular flexibility index (Phi) is 8.73. The van der Waals surface area contributed by atoms with E-state index in [1.807, 2.05) is 82.3 Å². The number of aromatic nitrogens is 2. The number of rotatable bonds is 9. The zero-order valence-electron chi connectivity index (χ0n) is 23.7. The predicted octanol–water partition coefficient (Wildman–Crippen LogP) is 6.05. The topological polar surface area (TPSA) is 97.7 Å². The molecule has 0 atom stereocenters. The van der Waals surface area contributed by atoms with Crippen LogP contribution in [0.15, 0.2) is 72.8 Å². The molecular weight excluding hydrogens is 506 g/mol. The Labute approximate surface area is 234 Å². The van der Waals surface area contributed by atoms with Gasteiger partial charge in [-0.05, 0) is 57.0 Å². The van der Waals surface area contributed by atoms with Gasteiger partial charge in [-0.25, -0.2) is 9.48 Å². The van der Waals surface area contributed by atoms with Crippen LogP contribution < -0.4 is 20.1 Å². The third-order valence-corrected chi connectivity index (χ3v) is 6.57. The summed E-state index contributed by atoms with van der Waals surface area (Å²) in [7, 11) is 3.07. The third-order valence-electron chi connectivity index (χ3n) is 6.57. The lowest BCUT2D eigenvalue weighted by Gasteiger charge is -2.27. The molecule has 0 aliphatic rings. The highest BCUT2D eigenvalue weighted by atomic mass is 16.5. The normalized spacial score (nSPS) is 10.8. The van der Waals surface area contributed by atoms with Crippen LogP contribution in [0.3, 0.4) is 0 Å². The minimum absolute atomic E-state index is 0.172. The molecule has 208 valence electrons. The van der Waals surface area contributed by atoms with E-state index < -0.39 is 6.03 Å². The lowest BCUT2D eigenvalue weighted by Crippen LogP contribution is -2.44. The standard InChI is InChI=1S/C31H35N5O4/c1-20(2)35(31(38)32-25-17-16-24(39-5)18-27(25)40-6)19-28(37)33-30-29(23-13-8-7-9-14-23)22(4)34-36(30)26-15-11-10-12-21(26)3/h7-18,20H,19H2,1-6H3,(H,32,38)(H,33,37). The van der Waals surface area contributed by atoms with Crippen LogP contribution in [0.25, 0.3) is 16.8 Å². The van der Waals surface area contributed by atoms with E-state index in [0.717, 1.165) is 28.1 Å². The predicted molar refractivity (Wildman–Crippen MR) is 158 cm³/mol. The molecule has 9 heteroatoms. The van der Waals surface area contributed by atoms with Crippen molar-refractivity contribution in [3.05, 3.63) is 84.1 Å². The molecule has 1 heterocycles. The minimum atomic E-state index is -0.430. The van der Waals surface area contributed by atoms with Gasteiger partial charge in [0.25, 0.3) is 0 Å². The van der Waals surface area contributed by atoms with E-state index in [-0.39, 0.29) is 18.5 Å². The van der Waals surface area contributed by atoms with E-state index >= 15 is 0 Å². The Morgan fingerprint density at radius 2 is 1.62 bits per heavy atom. The van der Waals surface area contributed by atoms with E-state index in [4.69, 9.17) is 14.6 Å². The van der Waals surface area contributed by atoms with E-state index in [0.29, 0.717) is 23.0 Å². The van der Waals surface area contributed by atoms with Crippen LogP contribution in [0.1, 0.15) is 25.1 Å².